The highest BCUT2D eigenvalue weighted by molar-refractivity contribution is 7.90. The van der Waals surface area contributed by atoms with Gasteiger partial charge in [-0.1, -0.05) is 35.9 Å². The van der Waals surface area contributed by atoms with Crippen LogP contribution in [0, 0.1) is 13.8 Å². The minimum absolute atomic E-state index is 0.106. The van der Waals surface area contributed by atoms with Gasteiger partial charge in [-0.25, -0.2) is 12.4 Å². The predicted octanol–water partition coefficient (Wildman–Crippen LogP) is 2.86. The Morgan fingerprint density at radius 1 is 0.864 bits per heavy atom. The van der Waals surface area contributed by atoms with E-state index in [9.17, 15) is 13.2 Å². The molecule has 0 N–H and O–H groups in total. The van der Waals surface area contributed by atoms with E-state index in [4.69, 9.17) is 0 Å². The van der Waals surface area contributed by atoms with Crippen molar-refractivity contribution in [3.8, 4) is 0 Å². The van der Waals surface area contributed by atoms with Crippen molar-refractivity contribution in [3.05, 3.63) is 76.2 Å². The van der Waals surface area contributed by atoms with Gasteiger partial charge in [0.2, 0.25) is 0 Å². The predicted molar refractivity (Wildman–Crippen MR) is 86.7 cm³/mol. The van der Waals surface area contributed by atoms with Gasteiger partial charge in [-0.3, -0.25) is 4.79 Å². The van der Waals surface area contributed by atoms with Gasteiger partial charge in [0.25, 0.3) is 15.6 Å². The van der Waals surface area contributed by atoms with Crippen LogP contribution in [0.2, 0.25) is 0 Å². The van der Waals surface area contributed by atoms with Crippen molar-refractivity contribution in [1.82, 2.24) is 3.97 Å². The highest BCUT2D eigenvalue weighted by Crippen LogP contribution is 2.18. The topological polar surface area (TPSA) is 56.1 Å². The van der Waals surface area contributed by atoms with Gasteiger partial charge < -0.3 is 0 Å². The third-order valence-corrected chi connectivity index (χ3v) is 5.33. The van der Waals surface area contributed by atoms with Gasteiger partial charge in [-0.15, -0.1) is 0 Å². The number of hydrogen-bond acceptors (Lipinski definition) is 3. The molecule has 4 nitrogen and oxygen atoms in total. The van der Waals surface area contributed by atoms with E-state index in [0.29, 0.717) is 5.39 Å². The van der Waals surface area contributed by atoms with Gasteiger partial charge in [0.15, 0.2) is 0 Å². The van der Waals surface area contributed by atoms with Crippen molar-refractivity contribution in [2.45, 2.75) is 18.7 Å². The third-order valence-electron chi connectivity index (χ3n) is 3.67. The molecule has 3 aromatic rings. The van der Waals surface area contributed by atoms with Crippen molar-refractivity contribution in [2.24, 2.45) is 0 Å². The second kappa shape index (κ2) is 5.10. The third kappa shape index (κ3) is 2.23. The summed E-state index contributed by atoms with van der Waals surface area (Å²) in [5.41, 5.74) is 1.17. The Kier molecular flexibility index (Phi) is 3.37. The fourth-order valence-corrected chi connectivity index (χ4v) is 3.76. The number of aromatic nitrogens is 1. The number of hydrogen-bond donors (Lipinski definition) is 0. The molecule has 112 valence electrons. The zero-order valence-corrected chi connectivity index (χ0v) is 13.1. The van der Waals surface area contributed by atoms with Crippen LogP contribution < -0.4 is 5.56 Å². The van der Waals surface area contributed by atoms with Gasteiger partial charge in [0.05, 0.1) is 4.90 Å². The summed E-state index contributed by atoms with van der Waals surface area (Å²) in [5.74, 6) is 0. The smallest absolute Gasteiger partial charge is 0.268 e. The Morgan fingerprint density at radius 2 is 1.45 bits per heavy atom. The summed E-state index contributed by atoms with van der Waals surface area (Å²) in [6.07, 6.45) is 1.39. The average molecular weight is 313 g/mol. The highest BCUT2D eigenvalue weighted by Gasteiger charge is 2.20. The summed E-state index contributed by atoms with van der Waals surface area (Å²) in [4.78, 5) is 12.7. The molecular weight excluding hydrogens is 298 g/mol. The average Bonchev–Trinajstić information content (AvgIpc) is 2.51. The van der Waals surface area contributed by atoms with Crippen LogP contribution in [0.5, 0.6) is 0 Å². The van der Waals surface area contributed by atoms with Gasteiger partial charge in [0.1, 0.15) is 0 Å². The molecule has 0 radical (unpaired) electrons. The first-order valence-electron chi connectivity index (χ1n) is 6.84. The highest BCUT2D eigenvalue weighted by atomic mass is 32.2. The number of fused-ring (bicyclic) bond motifs is 1. The van der Waals surface area contributed by atoms with Gasteiger partial charge in [-0.2, -0.15) is 0 Å². The van der Waals surface area contributed by atoms with Crippen molar-refractivity contribution >= 4 is 20.8 Å². The van der Waals surface area contributed by atoms with Crippen LogP contribution in [-0.2, 0) is 10.0 Å². The molecule has 5 heteroatoms. The summed E-state index contributed by atoms with van der Waals surface area (Å²) in [6, 6.07) is 13.5. The summed E-state index contributed by atoms with van der Waals surface area (Å²) < 4.78 is 26.3. The Morgan fingerprint density at radius 3 is 2.09 bits per heavy atom. The molecule has 3 rings (SSSR count). The van der Waals surface area contributed by atoms with Crippen molar-refractivity contribution in [2.75, 3.05) is 0 Å². The fraction of sp³-hybridized carbons (Fsp3) is 0.118. The Hall–Kier alpha value is -2.40. The zero-order chi connectivity index (χ0) is 15.9. The van der Waals surface area contributed by atoms with E-state index >= 15 is 0 Å². The van der Waals surface area contributed by atoms with Gasteiger partial charge >= 0.3 is 0 Å². The van der Waals surface area contributed by atoms with E-state index in [1.807, 2.05) is 19.1 Å². The molecule has 0 amide bonds. The van der Waals surface area contributed by atoms with Crippen molar-refractivity contribution < 1.29 is 8.42 Å². The number of aryl methyl sites for hydroxylation is 2. The quantitative estimate of drug-likeness (QED) is 0.731. The minimum Gasteiger partial charge on any atom is -0.268 e. The van der Waals surface area contributed by atoms with Crippen LogP contribution in [0.15, 0.2) is 64.4 Å². The Balaban J connectivity index is 2.32. The molecule has 0 aliphatic rings. The Bertz CT molecular complexity index is 1020. The van der Waals surface area contributed by atoms with Crippen LogP contribution >= 0.6 is 0 Å². The Labute approximate surface area is 128 Å². The molecular formula is C17H15NO3S. The molecule has 0 saturated carbocycles. The molecule has 0 spiro atoms. The van der Waals surface area contributed by atoms with E-state index in [1.165, 1.54) is 18.3 Å². The van der Waals surface area contributed by atoms with E-state index in [2.05, 4.69) is 0 Å². The second-order valence-electron chi connectivity index (χ2n) is 5.28. The number of rotatable bonds is 2. The van der Waals surface area contributed by atoms with Crippen LogP contribution in [0.1, 0.15) is 11.1 Å². The van der Waals surface area contributed by atoms with Gasteiger partial charge in [0, 0.05) is 11.6 Å². The summed E-state index contributed by atoms with van der Waals surface area (Å²) >= 11 is 0. The molecule has 2 aromatic carbocycles. The number of benzene rings is 2. The van der Waals surface area contributed by atoms with E-state index < -0.39 is 15.6 Å². The first-order valence-corrected chi connectivity index (χ1v) is 8.28. The van der Waals surface area contributed by atoms with Crippen LogP contribution in [-0.4, -0.2) is 12.4 Å². The molecule has 0 fully saturated rings. The second-order valence-corrected chi connectivity index (χ2v) is 7.09. The molecule has 1 aromatic heterocycles. The molecule has 0 saturated heterocycles. The SMILES string of the molecule is Cc1ccc(S(=O)(=O)n2cc(C)c3ccccc3c2=O)cc1. The van der Waals surface area contributed by atoms with Crippen LogP contribution in [0.4, 0.5) is 0 Å². The van der Waals surface area contributed by atoms with Crippen LogP contribution in [0.3, 0.4) is 0 Å². The van der Waals surface area contributed by atoms with E-state index in [0.717, 1.165) is 20.5 Å². The van der Waals surface area contributed by atoms with Gasteiger partial charge in [-0.05, 0) is 43.0 Å². The largest absolute Gasteiger partial charge is 0.272 e. The summed E-state index contributed by atoms with van der Waals surface area (Å²) in [6.45, 7) is 3.67. The molecule has 0 aliphatic heterocycles. The lowest BCUT2D eigenvalue weighted by Crippen LogP contribution is -2.27. The maximum Gasteiger partial charge on any atom is 0.272 e. The van der Waals surface area contributed by atoms with E-state index in [-0.39, 0.29) is 4.90 Å². The molecule has 0 bridgehead atoms. The lowest BCUT2D eigenvalue weighted by atomic mass is 10.1. The lowest BCUT2D eigenvalue weighted by molar-refractivity contribution is 0.585. The fourth-order valence-electron chi connectivity index (χ4n) is 2.44. The van der Waals surface area contributed by atoms with Crippen molar-refractivity contribution in [3.63, 3.8) is 0 Å². The molecule has 1 heterocycles. The lowest BCUT2D eigenvalue weighted by Gasteiger charge is -2.11. The standard InChI is InChI=1S/C17H15NO3S/c1-12-7-9-14(10-8-12)22(20,21)18-11-13(2)15-5-3-4-6-16(15)17(18)19/h3-11H,1-2H3. The summed E-state index contributed by atoms with van der Waals surface area (Å²) in [5, 5.41) is 1.17. The molecule has 22 heavy (non-hydrogen) atoms. The maximum atomic E-state index is 12.7. The minimum atomic E-state index is -3.90. The van der Waals surface area contributed by atoms with Crippen molar-refractivity contribution in [1.29, 1.82) is 0 Å². The maximum absolute atomic E-state index is 12.7. The molecule has 0 unspecified atom stereocenters. The molecule has 0 atom stereocenters. The molecule has 0 aliphatic carbocycles. The summed E-state index contributed by atoms with van der Waals surface area (Å²) in [7, 11) is -3.90. The number of pyridine rings is 1. The first kappa shape index (κ1) is 14.5. The zero-order valence-electron chi connectivity index (χ0n) is 12.3. The van der Waals surface area contributed by atoms with E-state index in [1.54, 1.807) is 31.2 Å². The first-order chi connectivity index (χ1) is 10.4. The number of nitrogens with zero attached hydrogens (tertiary/aromatic N) is 1. The normalized spacial score (nSPS) is 11.7. The monoisotopic (exact) mass is 313 g/mol. The van der Waals surface area contributed by atoms with Crippen LogP contribution in [0.25, 0.3) is 10.8 Å².